The average molecular weight is 214 g/mol. The smallest absolute Gasteiger partial charge is 0.317 e. The quantitative estimate of drug-likeness (QED) is 0.624. The van der Waals surface area contributed by atoms with Crippen molar-refractivity contribution in [3.05, 3.63) is 0 Å². The van der Waals surface area contributed by atoms with E-state index in [-0.39, 0.29) is 11.9 Å². The Kier molecular flexibility index (Phi) is 2.32. The molecule has 2 rings (SSSR count). The third-order valence-electron chi connectivity index (χ3n) is 2.01. The van der Waals surface area contributed by atoms with Crippen LogP contribution in [0.2, 0.25) is 0 Å². The van der Waals surface area contributed by atoms with Gasteiger partial charge in [0.1, 0.15) is 5.25 Å². The van der Waals surface area contributed by atoms with Gasteiger partial charge in [-0.1, -0.05) is 11.8 Å². The summed E-state index contributed by atoms with van der Waals surface area (Å²) in [6, 6.07) is 0. The number of nitrogens with one attached hydrogen (secondary N) is 1. The maximum Gasteiger partial charge on any atom is 0.317 e. The molecule has 1 aromatic rings. The molecule has 1 saturated carbocycles. The predicted molar refractivity (Wildman–Crippen MR) is 50.8 cm³/mol. The van der Waals surface area contributed by atoms with Crippen molar-refractivity contribution in [3.8, 4) is 0 Å². The molecule has 1 aliphatic carbocycles. The molecule has 1 aliphatic rings. The highest BCUT2D eigenvalue weighted by atomic mass is 32.2. The van der Waals surface area contributed by atoms with E-state index in [1.165, 1.54) is 0 Å². The average Bonchev–Trinajstić information content (AvgIpc) is 2.86. The Balaban J connectivity index is 2.03. The van der Waals surface area contributed by atoms with Crippen molar-refractivity contribution in [1.82, 2.24) is 15.2 Å². The second kappa shape index (κ2) is 3.49. The first-order valence-corrected chi connectivity index (χ1v) is 5.12. The van der Waals surface area contributed by atoms with E-state index in [4.69, 9.17) is 10.8 Å². The van der Waals surface area contributed by atoms with Gasteiger partial charge in [-0.05, 0) is 18.8 Å². The van der Waals surface area contributed by atoms with Gasteiger partial charge in [-0.25, -0.2) is 5.10 Å². The number of thioether (sulfide) groups is 1. The maximum absolute atomic E-state index is 10.9. The maximum atomic E-state index is 10.9. The Morgan fingerprint density at radius 3 is 2.86 bits per heavy atom. The van der Waals surface area contributed by atoms with Gasteiger partial charge in [0.15, 0.2) is 0 Å². The minimum absolute atomic E-state index is 0.215. The number of nitrogen functional groups attached to an aromatic ring is 1. The first-order chi connectivity index (χ1) is 6.66. The summed E-state index contributed by atoms with van der Waals surface area (Å²) in [5.41, 5.74) is 5.33. The number of H-pyrrole nitrogens is 1. The predicted octanol–water partition coefficient (Wildman–Crippen LogP) is 0.342. The van der Waals surface area contributed by atoms with E-state index in [0.717, 1.165) is 24.6 Å². The molecule has 1 heterocycles. The highest BCUT2D eigenvalue weighted by Crippen LogP contribution is 2.40. The molecule has 1 atom stereocenters. The Morgan fingerprint density at radius 1 is 1.71 bits per heavy atom. The second-order valence-electron chi connectivity index (χ2n) is 3.22. The Hall–Kier alpha value is -1.24. The third-order valence-corrected chi connectivity index (χ3v) is 3.24. The van der Waals surface area contributed by atoms with Gasteiger partial charge in [-0.2, -0.15) is 4.98 Å². The zero-order valence-electron chi connectivity index (χ0n) is 7.30. The van der Waals surface area contributed by atoms with E-state index < -0.39 is 11.2 Å². The zero-order chi connectivity index (χ0) is 10.1. The van der Waals surface area contributed by atoms with E-state index in [2.05, 4.69) is 15.2 Å². The molecule has 7 heteroatoms. The van der Waals surface area contributed by atoms with Crippen LogP contribution in [0.4, 0.5) is 5.95 Å². The Morgan fingerprint density at radius 2 is 2.43 bits per heavy atom. The van der Waals surface area contributed by atoms with Gasteiger partial charge in [0.2, 0.25) is 11.1 Å². The Labute approximate surface area is 84.3 Å². The highest BCUT2D eigenvalue weighted by molar-refractivity contribution is 8.00. The van der Waals surface area contributed by atoms with Gasteiger partial charge in [0.05, 0.1) is 0 Å². The minimum Gasteiger partial charge on any atom is -0.480 e. The number of nitrogens with zero attached hydrogens (tertiary/aromatic N) is 2. The van der Waals surface area contributed by atoms with Crippen molar-refractivity contribution in [1.29, 1.82) is 0 Å². The van der Waals surface area contributed by atoms with E-state index in [9.17, 15) is 4.79 Å². The van der Waals surface area contributed by atoms with Crippen LogP contribution in [-0.2, 0) is 4.79 Å². The van der Waals surface area contributed by atoms with E-state index >= 15 is 0 Å². The summed E-state index contributed by atoms with van der Waals surface area (Å²) in [4.78, 5) is 14.7. The lowest BCUT2D eigenvalue weighted by molar-refractivity contribution is -0.136. The lowest BCUT2D eigenvalue weighted by Crippen LogP contribution is -2.18. The molecular weight excluding hydrogens is 204 g/mol. The molecule has 0 bridgehead atoms. The normalized spacial score (nSPS) is 18.0. The number of rotatable bonds is 4. The van der Waals surface area contributed by atoms with E-state index in [0.29, 0.717) is 5.16 Å². The number of carbonyl (C=O) groups is 1. The topological polar surface area (TPSA) is 105 Å². The molecule has 0 amide bonds. The molecule has 0 spiro atoms. The number of aliphatic carboxylic acids is 1. The molecule has 4 N–H and O–H groups in total. The number of aromatic amines is 1. The van der Waals surface area contributed by atoms with E-state index in [1.807, 2.05) is 0 Å². The molecule has 0 saturated heterocycles. The van der Waals surface area contributed by atoms with Crippen LogP contribution < -0.4 is 5.73 Å². The fourth-order valence-corrected chi connectivity index (χ4v) is 2.21. The summed E-state index contributed by atoms with van der Waals surface area (Å²) in [6.07, 6.45) is 1.95. The molecule has 0 aromatic carbocycles. The van der Waals surface area contributed by atoms with Crippen molar-refractivity contribution in [2.24, 2.45) is 5.92 Å². The third kappa shape index (κ3) is 1.98. The van der Waals surface area contributed by atoms with E-state index in [1.54, 1.807) is 0 Å². The van der Waals surface area contributed by atoms with Crippen molar-refractivity contribution in [3.63, 3.8) is 0 Å². The largest absolute Gasteiger partial charge is 0.480 e. The van der Waals surface area contributed by atoms with Crippen LogP contribution >= 0.6 is 11.8 Å². The molecule has 1 fully saturated rings. The molecular formula is C7H10N4O2S. The summed E-state index contributed by atoms with van der Waals surface area (Å²) in [7, 11) is 0. The molecule has 0 aliphatic heterocycles. The van der Waals surface area contributed by atoms with Crippen LogP contribution in [0.1, 0.15) is 12.8 Å². The van der Waals surface area contributed by atoms with Crippen molar-refractivity contribution >= 4 is 23.7 Å². The first kappa shape index (κ1) is 9.32. The monoisotopic (exact) mass is 214 g/mol. The van der Waals surface area contributed by atoms with Crippen LogP contribution in [0, 0.1) is 5.92 Å². The molecule has 14 heavy (non-hydrogen) atoms. The molecule has 1 unspecified atom stereocenters. The molecule has 76 valence electrons. The summed E-state index contributed by atoms with van der Waals surface area (Å²) in [5.74, 6) is -0.328. The lowest BCUT2D eigenvalue weighted by atomic mass is 10.3. The zero-order valence-corrected chi connectivity index (χ0v) is 8.12. The summed E-state index contributed by atoms with van der Waals surface area (Å²) in [6.45, 7) is 0. The van der Waals surface area contributed by atoms with Gasteiger partial charge in [-0.15, -0.1) is 5.10 Å². The fraction of sp³-hybridized carbons (Fsp3) is 0.571. The molecule has 6 nitrogen and oxygen atoms in total. The number of hydrogen-bond donors (Lipinski definition) is 3. The van der Waals surface area contributed by atoms with Crippen LogP contribution in [0.5, 0.6) is 0 Å². The molecule has 0 radical (unpaired) electrons. The number of anilines is 1. The van der Waals surface area contributed by atoms with Gasteiger partial charge in [-0.3, -0.25) is 4.79 Å². The van der Waals surface area contributed by atoms with Gasteiger partial charge < -0.3 is 10.8 Å². The van der Waals surface area contributed by atoms with Crippen molar-refractivity contribution in [2.75, 3.05) is 5.73 Å². The standard InChI is InChI=1S/C7H10N4O2S/c8-6-9-7(11-10-6)14-4(5(12)13)3-1-2-3/h3-4H,1-2H2,(H,12,13)(H3,8,9,10,11). The lowest BCUT2D eigenvalue weighted by Gasteiger charge is -2.06. The summed E-state index contributed by atoms with van der Waals surface area (Å²) in [5, 5.41) is 15.2. The van der Waals surface area contributed by atoms with Crippen molar-refractivity contribution in [2.45, 2.75) is 23.2 Å². The number of carboxylic acids is 1. The number of carboxylic acid groups (broad SMARTS) is 1. The van der Waals surface area contributed by atoms with Crippen LogP contribution in [0.15, 0.2) is 5.16 Å². The van der Waals surface area contributed by atoms with Gasteiger partial charge in [0.25, 0.3) is 0 Å². The number of aromatic nitrogens is 3. The van der Waals surface area contributed by atoms with Gasteiger partial charge >= 0.3 is 5.97 Å². The molecule has 1 aromatic heterocycles. The highest BCUT2D eigenvalue weighted by Gasteiger charge is 2.37. The SMILES string of the molecule is Nc1nc(SC(C(=O)O)C2CC2)n[nH]1. The second-order valence-corrected chi connectivity index (χ2v) is 4.33. The fourth-order valence-electron chi connectivity index (χ4n) is 1.17. The van der Waals surface area contributed by atoms with Gasteiger partial charge in [0, 0.05) is 0 Å². The Bertz CT molecular complexity index is 349. The first-order valence-electron chi connectivity index (χ1n) is 4.24. The summed E-state index contributed by atoms with van der Waals surface area (Å²) < 4.78 is 0. The van der Waals surface area contributed by atoms with Crippen LogP contribution in [-0.4, -0.2) is 31.5 Å². The summed E-state index contributed by atoms with van der Waals surface area (Å²) >= 11 is 1.16. The number of hydrogen-bond acceptors (Lipinski definition) is 5. The van der Waals surface area contributed by atoms with Crippen LogP contribution in [0.3, 0.4) is 0 Å². The van der Waals surface area contributed by atoms with Crippen LogP contribution in [0.25, 0.3) is 0 Å². The van der Waals surface area contributed by atoms with Crippen molar-refractivity contribution < 1.29 is 9.90 Å². The number of nitrogens with two attached hydrogens (primary N) is 1. The minimum atomic E-state index is -0.805.